The van der Waals surface area contributed by atoms with Gasteiger partial charge in [0.2, 0.25) is 0 Å². The average Bonchev–Trinajstić information content (AvgIpc) is 2.74. The van der Waals surface area contributed by atoms with Crippen molar-refractivity contribution in [2.75, 3.05) is 13.7 Å². The van der Waals surface area contributed by atoms with Gasteiger partial charge in [0, 0.05) is 19.6 Å². The van der Waals surface area contributed by atoms with Crippen LogP contribution in [0.15, 0.2) is 36.4 Å². The van der Waals surface area contributed by atoms with Crippen LogP contribution in [0.4, 0.5) is 0 Å². The van der Waals surface area contributed by atoms with Gasteiger partial charge in [-0.25, -0.2) is 4.98 Å². The SMILES string of the molecule is CC[C@@H]1CN(Cc2ccc(OC)cc2)Cc2n[c]ccc2O1. The molecule has 4 heteroatoms. The van der Waals surface area contributed by atoms with Gasteiger partial charge in [-0.3, -0.25) is 4.90 Å². The Kier molecular flexibility index (Phi) is 4.59. The van der Waals surface area contributed by atoms with Crippen LogP contribution in [0.5, 0.6) is 11.5 Å². The molecule has 1 aromatic heterocycles. The van der Waals surface area contributed by atoms with Crippen molar-refractivity contribution in [3.8, 4) is 11.5 Å². The second-order valence-electron chi connectivity index (χ2n) is 5.55. The highest BCUT2D eigenvalue weighted by Crippen LogP contribution is 2.25. The van der Waals surface area contributed by atoms with Crippen LogP contribution in [0, 0.1) is 6.20 Å². The van der Waals surface area contributed by atoms with Crippen LogP contribution in [0.3, 0.4) is 0 Å². The van der Waals surface area contributed by atoms with Gasteiger partial charge < -0.3 is 9.47 Å². The number of methoxy groups -OCH3 is 1. The Labute approximate surface area is 131 Å². The number of fused-ring (bicyclic) bond motifs is 1. The number of aromatic nitrogens is 1. The van der Waals surface area contributed by atoms with E-state index in [0.29, 0.717) is 0 Å². The second-order valence-corrected chi connectivity index (χ2v) is 5.55. The minimum atomic E-state index is 0.198. The predicted molar refractivity (Wildman–Crippen MR) is 84.9 cm³/mol. The Hall–Kier alpha value is -2.07. The van der Waals surface area contributed by atoms with Crippen molar-refractivity contribution in [1.29, 1.82) is 0 Å². The summed E-state index contributed by atoms with van der Waals surface area (Å²) in [5, 5.41) is 0. The third kappa shape index (κ3) is 3.39. The van der Waals surface area contributed by atoms with Crippen molar-refractivity contribution in [2.24, 2.45) is 0 Å². The molecule has 4 nitrogen and oxygen atoms in total. The summed E-state index contributed by atoms with van der Waals surface area (Å²) in [5.74, 6) is 1.78. The highest BCUT2D eigenvalue weighted by atomic mass is 16.5. The van der Waals surface area contributed by atoms with Crippen molar-refractivity contribution < 1.29 is 9.47 Å². The van der Waals surface area contributed by atoms with Crippen molar-refractivity contribution in [2.45, 2.75) is 32.5 Å². The minimum absolute atomic E-state index is 0.198. The van der Waals surface area contributed by atoms with E-state index in [1.165, 1.54) is 5.56 Å². The van der Waals surface area contributed by atoms with Gasteiger partial charge in [0.05, 0.1) is 19.0 Å². The average molecular weight is 297 g/mol. The molecule has 0 N–H and O–H groups in total. The van der Waals surface area contributed by atoms with Gasteiger partial charge in [-0.05, 0) is 36.2 Å². The molecule has 115 valence electrons. The predicted octanol–water partition coefficient (Wildman–Crippen LogP) is 3.06. The first-order valence-corrected chi connectivity index (χ1v) is 7.66. The normalized spacial score (nSPS) is 18.2. The highest BCUT2D eigenvalue weighted by molar-refractivity contribution is 5.29. The molecule has 0 saturated heterocycles. The highest BCUT2D eigenvalue weighted by Gasteiger charge is 2.22. The monoisotopic (exact) mass is 297 g/mol. The summed E-state index contributed by atoms with van der Waals surface area (Å²) in [5.41, 5.74) is 2.23. The summed E-state index contributed by atoms with van der Waals surface area (Å²) < 4.78 is 11.3. The van der Waals surface area contributed by atoms with Crippen LogP contribution >= 0.6 is 0 Å². The number of rotatable bonds is 4. The van der Waals surface area contributed by atoms with Crippen LogP contribution in [0.25, 0.3) is 0 Å². The molecule has 0 amide bonds. The molecule has 22 heavy (non-hydrogen) atoms. The van der Waals surface area contributed by atoms with Crippen LogP contribution in [-0.2, 0) is 13.1 Å². The van der Waals surface area contributed by atoms with Gasteiger partial charge in [0.1, 0.15) is 17.6 Å². The van der Waals surface area contributed by atoms with Gasteiger partial charge in [0.25, 0.3) is 0 Å². The zero-order valence-corrected chi connectivity index (χ0v) is 13.1. The molecule has 1 atom stereocenters. The fraction of sp³-hybridized carbons (Fsp3) is 0.389. The Balaban J connectivity index is 1.77. The Morgan fingerprint density at radius 1 is 1.32 bits per heavy atom. The van der Waals surface area contributed by atoms with Gasteiger partial charge >= 0.3 is 0 Å². The van der Waals surface area contributed by atoms with Crippen LogP contribution in [0.2, 0.25) is 0 Å². The molecule has 0 saturated carbocycles. The summed E-state index contributed by atoms with van der Waals surface area (Å²) in [4.78, 5) is 6.73. The van der Waals surface area contributed by atoms with Crippen molar-refractivity contribution >= 4 is 0 Å². The van der Waals surface area contributed by atoms with Crippen molar-refractivity contribution in [1.82, 2.24) is 9.88 Å². The van der Waals surface area contributed by atoms with E-state index in [4.69, 9.17) is 9.47 Å². The second kappa shape index (κ2) is 6.79. The first kappa shape index (κ1) is 14.9. The first-order valence-electron chi connectivity index (χ1n) is 7.66. The lowest BCUT2D eigenvalue weighted by Gasteiger charge is -2.23. The zero-order chi connectivity index (χ0) is 15.4. The molecule has 1 aromatic carbocycles. The largest absolute Gasteiger partial charge is 0.497 e. The van der Waals surface area contributed by atoms with E-state index in [9.17, 15) is 0 Å². The van der Waals surface area contributed by atoms with Crippen LogP contribution in [0.1, 0.15) is 24.6 Å². The van der Waals surface area contributed by atoms with E-state index in [0.717, 1.165) is 43.2 Å². The lowest BCUT2D eigenvalue weighted by atomic mass is 10.2. The summed E-state index contributed by atoms with van der Waals surface area (Å²) in [6.07, 6.45) is 4.09. The first-order chi connectivity index (χ1) is 10.8. The molecule has 1 aliphatic heterocycles. The molecular formula is C18H21N2O2. The molecule has 3 rings (SSSR count). The molecule has 0 aliphatic carbocycles. The quantitative estimate of drug-likeness (QED) is 0.868. The lowest BCUT2D eigenvalue weighted by Crippen LogP contribution is -2.32. The molecule has 0 unspecified atom stereocenters. The lowest BCUT2D eigenvalue weighted by molar-refractivity contribution is 0.139. The molecular weight excluding hydrogens is 276 g/mol. The molecule has 2 aromatic rings. The summed E-state index contributed by atoms with van der Waals surface area (Å²) in [6.45, 7) is 4.72. The third-order valence-corrected chi connectivity index (χ3v) is 3.94. The van der Waals surface area contributed by atoms with Crippen LogP contribution < -0.4 is 9.47 Å². The summed E-state index contributed by atoms with van der Waals surface area (Å²) in [6, 6.07) is 12.0. The van der Waals surface area contributed by atoms with Gasteiger partial charge in [-0.2, -0.15) is 0 Å². The minimum Gasteiger partial charge on any atom is -0.497 e. The van der Waals surface area contributed by atoms with E-state index < -0.39 is 0 Å². The zero-order valence-electron chi connectivity index (χ0n) is 13.1. The molecule has 1 aliphatic rings. The van der Waals surface area contributed by atoms with Crippen LogP contribution in [-0.4, -0.2) is 29.6 Å². The molecule has 2 heterocycles. The van der Waals surface area contributed by atoms with E-state index >= 15 is 0 Å². The maximum Gasteiger partial charge on any atom is 0.142 e. The van der Waals surface area contributed by atoms with E-state index in [-0.39, 0.29) is 6.10 Å². The number of ether oxygens (including phenoxy) is 2. The summed E-state index contributed by atoms with van der Waals surface area (Å²) >= 11 is 0. The third-order valence-electron chi connectivity index (χ3n) is 3.94. The molecule has 1 radical (unpaired) electrons. The molecule has 0 fully saturated rings. The van der Waals surface area contributed by atoms with E-state index in [1.807, 2.05) is 24.3 Å². The number of hydrogen-bond acceptors (Lipinski definition) is 4. The van der Waals surface area contributed by atoms with Crippen molar-refractivity contribution in [3.63, 3.8) is 0 Å². The van der Waals surface area contributed by atoms with Gasteiger partial charge in [0.15, 0.2) is 0 Å². The van der Waals surface area contributed by atoms with Gasteiger partial charge in [-0.15, -0.1) is 0 Å². The standard InChI is InChI=1S/C18H21N2O2/c1-3-15-12-20(11-14-6-8-16(21-2)9-7-14)13-17-18(22-15)5-4-10-19-17/h4-9,15H,3,11-13H2,1-2H3/t15-/m1/s1. The fourth-order valence-electron chi connectivity index (χ4n) is 2.70. The number of pyridine rings is 1. The topological polar surface area (TPSA) is 34.6 Å². The molecule has 0 spiro atoms. The number of benzene rings is 1. The maximum atomic E-state index is 6.07. The number of hydrogen-bond donors (Lipinski definition) is 0. The Morgan fingerprint density at radius 2 is 2.14 bits per heavy atom. The fourth-order valence-corrected chi connectivity index (χ4v) is 2.70. The van der Waals surface area contributed by atoms with E-state index in [1.54, 1.807) is 7.11 Å². The van der Waals surface area contributed by atoms with Crippen molar-refractivity contribution in [3.05, 3.63) is 53.9 Å². The smallest absolute Gasteiger partial charge is 0.142 e. The Bertz CT molecular complexity index is 613. The van der Waals surface area contributed by atoms with E-state index in [2.05, 4.69) is 35.1 Å². The number of nitrogens with zero attached hydrogens (tertiary/aromatic N) is 2. The van der Waals surface area contributed by atoms with Gasteiger partial charge in [-0.1, -0.05) is 19.1 Å². The Morgan fingerprint density at radius 3 is 2.86 bits per heavy atom. The maximum absolute atomic E-state index is 6.07. The summed E-state index contributed by atoms with van der Waals surface area (Å²) in [7, 11) is 1.69. The molecule has 0 bridgehead atoms.